The van der Waals surface area contributed by atoms with Crippen molar-refractivity contribution >= 4 is 11.6 Å². The maximum absolute atomic E-state index is 12.7. The SMILES string of the molecule is CN(C)c1ccc(CN(C[C@@H]2CCCO2)C(=O)c2ccco2)cc1. The van der Waals surface area contributed by atoms with Crippen molar-refractivity contribution in [3.05, 3.63) is 54.0 Å². The summed E-state index contributed by atoms with van der Waals surface area (Å²) in [5.74, 6) is 0.282. The molecule has 0 radical (unpaired) electrons. The summed E-state index contributed by atoms with van der Waals surface area (Å²) in [6.07, 6.45) is 3.71. The van der Waals surface area contributed by atoms with Gasteiger partial charge in [-0.25, -0.2) is 0 Å². The Morgan fingerprint density at radius 3 is 2.58 bits per heavy atom. The molecule has 1 aromatic carbocycles. The van der Waals surface area contributed by atoms with Crippen molar-refractivity contribution < 1.29 is 13.9 Å². The van der Waals surface area contributed by atoms with Gasteiger partial charge in [0.25, 0.3) is 5.91 Å². The van der Waals surface area contributed by atoms with Gasteiger partial charge in [-0.1, -0.05) is 12.1 Å². The second-order valence-electron chi connectivity index (χ2n) is 6.36. The lowest BCUT2D eigenvalue weighted by Crippen LogP contribution is -2.36. The number of rotatable bonds is 6. The fraction of sp³-hybridized carbons (Fsp3) is 0.421. The van der Waals surface area contributed by atoms with E-state index in [1.54, 1.807) is 12.1 Å². The van der Waals surface area contributed by atoms with Crippen LogP contribution in [-0.4, -0.2) is 44.2 Å². The lowest BCUT2D eigenvalue weighted by molar-refractivity contribution is 0.0484. The minimum atomic E-state index is -0.0906. The van der Waals surface area contributed by atoms with E-state index in [0.717, 1.165) is 30.7 Å². The molecule has 0 N–H and O–H groups in total. The molecule has 5 heteroatoms. The van der Waals surface area contributed by atoms with Crippen LogP contribution in [0.5, 0.6) is 0 Å². The van der Waals surface area contributed by atoms with Crippen LogP contribution in [0.15, 0.2) is 47.1 Å². The first-order chi connectivity index (χ1) is 11.6. The van der Waals surface area contributed by atoms with E-state index >= 15 is 0 Å². The molecule has 24 heavy (non-hydrogen) atoms. The van der Waals surface area contributed by atoms with Gasteiger partial charge in [0, 0.05) is 39.5 Å². The summed E-state index contributed by atoms with van der Waals surface area (Å²) >= 11 is 0. The van der Waals surface area contributed by atoms with Gasteiger partial charge in [-0.15, -0.1) is 0 Å². The highest BCUT2D eigenvalue weighted by Crippen LogP contribution is 2.19. The largest absolute Gasteiger partial charge is 0.459 e. The molecule has 1 saturated heterocycles. The zero-order valence-electron chi connectivity index (χ0n) is 14.3. The van der Waals surface area contributed by atoms with Crippen molar-refractivity contribution in [2.45, 2.75) is 25.5 Å². The topological polar surface area (TPSA) is 45.9 Å². The molecule has 1 aliphatic heterocycles. The molecule has 5 nitrogen and oxygen atoms in total. The van der Waals surface area contributed by atoms with Gasteiger partial charge in [0.05, 0.1) is 12.4 Å². The van der Waals surface area contributed by atoms with Crippen LogP contribution in [0.1, 0.15) is 29.0 Å². The summed E-state index contributed by atoms with van der Waals surface area (Å²) in [4.78, 5) is 16.6. The summed E-state index contributed by atoms with van der Waals surface area (Å²) in [7, 11) is 4.03. The number of anilines is 1. The van der Waals surface area contributed by atoms with Gasteiger partial charge in [0.15, 0.2) is 5.76 Å². The van der Waals surface area contributed by atoms with Gasteiger partial charge in [0.2, 0.25) is 0 Å². The first-order valence-electron chi connectivity index (χ1n) is 8.34. The van der Waals surface area contributed by atoms with E-state index in [1.807, 2.05) is 19.0 Å². The Hall–Kier alpha value is -2.27. The zero-order valence-corrected chi connectivity index (χ0v) is 14.3. The van der Waals surface area contributed by atoms with Gasteiger partial charge in [-0.3, -0.25) is 4.79 Å². The molecule has 1 atom stereocenters. The normalized spacial score (nSPS) is 17.0. The average Bonchev–Trinajstić information content (AvgIpc) is 3.28. The van der Waals surface area contributed by atoms with Crippen molar-refractivity contribution in [1.29, 1.82) is 0 Å². The van der Waals surface area contributed by atoms with E-state index in [9.17, 15) is 4.79 Å². The van der Waals surface area contributed by atoms with Crippen LogP contribution in [0.3, 0.4) is 0 Å². The minimum absolute atomic E-state index is 0.0906. The van der Waals surface area contributed by atoms with Crippen molar-refractivity contribution in [1.82, 2.24) is 4.90 Å². The molecule has 0 saturated carbocycles. The summed E-state index contributed by atoms with van der Waals surface area (Å²) in [5, 5.41) is 0. The predicted molar refractivity (Wildman–Crippen MR) is 93.2 cm³/mol. The van der Waals surface area contributed by atoms with Crippen molar-refractivity contribution in [2.75, 3.05) is 32.1 Å². The molecule has 0 aliphatic carbocycles. The minimum Gasteiger partial charge on any atom is -0.459 e. The number of furan rings is 1. The van der Waals surface area contributed by atoms with Crippen LogP contribution in [0.2, 0.25) is 0 Å². The molecule has 1 fully saturated rings. The van der Waals surface area contributed by atoms with Gasteiger partial charge >= 0.3 is 0 Å². The van der Waals surface area contributed by atoms with E-state index in [1.165, 1.54) is 6.26 Å². The summed E-state index contributed by atoms with van der Waals surface area (Å²) in [6, 6.07) is 11.7. The summed E-state index contributed by atoms with van der Waals surface area (Å²) in [5.41, 5.74) is 2.24. The molecule has 0 unspecified atom stereocenters. The van der Waals surface area contributed by atoms with Gasteiger partial charge < -0.3 is 19.0 Å². The molecule has 2 heterocycles. The number of benzene rings is 1. The maximum atomic E-state index is 12.7. The van der Waals surface area contributed by atoms with E-state index < -0.39 is 0 Å². The fourth-order valence-corrected chi connectivity index (χ4v) is 2.93. The molecule has 0 spiro atoms. The second kappa shape index (κ2) is 7.53. The first kappa shape index (κ1) is 16.6. The Morgan fingerprint density at radius 2 is 2.00 bits per heavy atom. The van der Waals surface area contributed by atoms with Crippen LogP contribution in [0, 0.1) is 0 Å². The number of nitrogens with zero attached hydrogens (tertiary/aromatic N) is 2. The number of amides is 1. The molecule has 128 valence electrons. The number of hydrogen-bond donors (Lipinski definition) is 0. The highest BCUT2D eigenvalue weighted by atomic mass is 16.5. The monoisotopic (exact) mass is 328 g/mol. The molecule has 0 bridgehead atoms. The zero-order chi connectivity index (χ0) is 16.9. The molecule has 1 amide bonds. The van der Waals surface area contributed by atoms with Gasteiger partial charge in [0.1, 0.15) is 0 Å². The van der Waals surface area contributed by atoms with Crippen molar-refractivity contribution in [3.8, 4) is 0 Å². The standard InChI is InChI=1S/C19H24N2O3/c1-20(2)16-9-7-15(8-10-16)13-21(14-17-5-3-11-23-17)19(22)18-6-4-12-24-18/h4,6-10,12,17H,3,5,11,13-14H2,1-2H3/t17-/m0/s1. The predicted octanol–water partition coefficient (Wildman–Crippen LogP) is 3.17. The van der Waals surface area contributed by atoms with E-state index in [2.05, 4.69) is 29.2 Å². The number of carbonyl (C=O) groups is 1. The molecule has 3 rings (SSSR count). The fourth-order valence-electron chi connectivity index (χ4n) is 2.93. The van der Waals surface area contributed by atoms with Gasteiger partial charge in [-0.05, 0) is 42.7 Å². The lowest BCUT2D eigenvalue weighted by Gasteiger charge is -2.25. The van der Waals surface area contributed by atoms with Crippen LogP contribution in [0.4, 0.5) is 5.69 Å². The third kappa shape index (κ3) is 3.97. The van der Waals surface area contributed by atoms with E-state index in [-0.39, 0.29) is 12.0 Å². The molecule has 2 aromatic rings. The quantitative estimate of drug-likeness (QED) is 0.817. The smallest absolute Gasteiger partial charge is 0.289 e. The Bertz CT molecular complexity index is 644. The Morgan fingerprint density at radius 1 is 1.21 bits per heavy atom. The first-order valence-corrected chi connectivity index (χ1v) is 8.34. The van der Waals surface area contributed by atoms with Gasteiger partial charge in [-0.2, -0.15) is 0 Å². The third-order valence-corrected chi connectivity index (χ3v) is 4.29. The molecule has 1 aliphatic rings. The Kier molecular flexibility index (Phi) is 5.20. The Balaban J connectivity index is 1.74. The maximum Gasteiger partial charge on any atom is 0.289 e. The van der Waals surface area contributed by atoms with E-state index in [0.29, 0.717) is 18.8 Å². The van der Waals surface area contributed by atoms with E-state index in [4.69, 9.17) is 9.15 Å². The second-order valence-corrected chi connectivity index (χ2v) is 6.36. The summed E-state index contributed by atoms with van der Waals surface area (Å²) in [6.45, 7) is 1.92. The van der Waals surface area contributed by atoms with Crippen LogP contribution >= 0.6 is 0 Å². The van der Waals surface area contributed by atoms with Crippen LogP contribution in [-0.2, 0) is 11.3 Å². The van der Waals surface area contributed by atoms with Crippen LogP contribution in [0.25, 0.3) is 0 Å². The molecular weight excluding hydrogens is 304 g/mol. The number of ether oxygens (including phenoxy) is 1. The summed E-state index contributed by atoms with van der Waals surface area (Å²) < 4.78 is 11.0. The molecule has 1 aromatic heterocycles. The highest BCUT2D eigenvalue weighted by Gasteiger charge is 2.25. The van der Waals surface area contributed by atoms with Crippen molar-refractivity contribution in [3.63, 3.8) is 0 Å². The highest BCUT2D eigenvalue weighted by molar-refractivity contribution is 5.91. The van der Waals surface area contributed by atoms with Crippen molar-refractivity contribution in [2.24, 2.45) is 0 Å². The lowest BCUT2D eigenvalue weighted by atomic mass is 10.1. The number of carbonyl (C=O) groups excluding carboxylic acids is 1. The average molecular weight is 328 g/mol. The van der Waals surface area contributed by atoms with Crippen LogP contribution < -0.4 is 4.90 Å². The molecular formula is C19H24N2O3. The Labute approximate surface area is 142 Å². The third-order valence-electron chi connectivity index (χ3n) is 4.29. The number of hydrogen-bond acceptors (Lipinski definition) is 4.